The lowest BCUT2D eigenvalue weighted by molar-refractivity contribution is -0.0227. The Balaban J connectivity index is 1.86. The topological polar surface area (TPSA) is 88.1 Å². The summed E-state index contributed by atoms with van der Waals surface area (Å²) in [7, 11) is 1.61. The SMILES string of the molecule is CCOC1CC(n2nnnc2-c2ccc(N)cc2OC)C1. The lowest BCUT2D eigenvalue weighted by atomic mass is 9.89. The summed E-state index contributed by atoms with van der Waals surface area (Å²) in [4.78, 5) is 0. The number of ether oxygens (including phenoxy) is 2. The van der Waals surface area contributed by atoms with Crippen molar-refractivity contribution in [1.82, 2.24) is 20.2 Å². The van der Waals surface area contributed by atoms with Crippen LogP contribution in [0.3, 0.4) is 0 Å². The summed E-state index contributed by atoms with van der Waals surface area (Å²) < 4.78 is 12.8. The van der Waals surface area contributed by atoms with Gasteiger partial charge in [0.05, 0.1) is 24.8 Å². The van der Waals surface area contributed by atoms with Crippen LogP contribution in [0, 0.1) is 0 Å². The number of tetrazole rings is 1. The highest BCUT2D eigenvalue weighted by Gasteiger charge is 2.34. The zero-order valence-corrected chi connectivity index (χ0v) is 12.2. The minimum atomic E-state index is 0.272. The van der Waals surface area contributed by atoms with E-state index in [9.17, 15) is 0 Å². The highest BCUT2D eigenvalue weighted by molar-refractivity contribution is 5.67. The maximum absolute atomic E-state index is 5.79. The summed E-state index contributed by atoms with van der Waals surface area (Å²) in [6.45, 7) is 2.75. The average Bonchev–Trinajstić information content (AvgIpc) is 2.90. The lowest BCUT2D eigenvalue weighted by Crippen LogP contribution is -2.34. The molecule has 0 aliphatic heterocycles. The second kappa shape index (κ2) is 5.69. The minimum absolute atomic E-state index is 0.272. The van der Waals surface area contributed by atoms with Crippen molar-refractivity contribution in [2.24, 2.45) is 0 Å². The zero-order chi connectivity index (χ0) is 14.8. The molecule has 1 aromatic heterocycles. The molecule has 3 rings (SSSR count). The number of methoxy groups -OCH3 is 1. The van der Waals surface area contributed by atoms with Gasteiger partial charge in [-0.2, -0.15) is 0 Å². The molecule has 0 bridgehead atoms. The second-order valence-corrected chi connectivity index (χ2v) is 5.11. The van der Waals surface area contributed by atoms with Crippen LogP contribution in [-0.4, -0.2) is 40.0 Å². The predicted molar refractivity (Wildman–Crippen MR) is 77.9 cm³/mol. The van der Waals surface area contributed by atoms with Gasteiger partial charge in [0.25, 0.3) is 0 Å². The first-order chi connectivity index (χ1) is 10.2. The lowest BCUT2D eigenvalue weighted by Gasteiger charge is -2.34. The fourth-order valence-electron chi connectivity index (χ4n) is 2.62. The molecule has 2 aromatic rings. The Morgan fingerprint density at radius 2 is 2.19 bits per heavy atom. The molecule has 7 heteroatoms. The summed E-state index contributed by atoms with van der Waals surface area (Å²) in [5.41, 5.74) is 7.28. The van der Waals surface area contributed by atoms with Crippen molar-refractivity contribution in [2.75, 3.05) is 19.5 Å². The molecule has 1 aliphatic rings. The molecule has 1 saturated carbocycles. The third-order valence-electron chi connectivity index (χ3n) is 3.78. The van der Waals surface area contributed by atoms with Crippen molar-refractivity contribution in [1.29, 1.82) is 0 Å². The molecule has 21 heavy (non-hydrogen) atoms. The normalized spacial score (nSPS) is 21.0. The largest absolute Gasteiger partial charge is 0.496 e. The van der Waals surface area contributed by atoms with Crippen molar-refractivity contribution in [3.05, 3.63) is 18.2 Å². The number of hydrogen-bond acceptors (Lipinski definition) is 6. The molecule has 0 atom stereocenters. The van der Waals surface area contributed by atoms with Crippen molar-refractivity contribution >= 4 is 5.69 Å². The third-order valence-corrected chi connectivity index (χ3v) is 3.78. The van der Waals surface area contributed by atoms with Crippen LogP contribution in [0.25, 0.3) is 11.4 Å². The highest BCUT2D eigenvalue weighted by atomic mass is 16.5. The Hall–Kier alpha value is -2.15. The first-order valence-corrected chi connectivity index (χ1v) is 7.06. The Morgan fingerprint density at radius 1 is 1.38 bits per heavy atom. The number of nitrogen functional groups attached to an aromatic ring is 1. The smallest absolute Gasteiger partial charge is 0.186 e. The zero-order valence-electron chi connectivity index (χ0n) is 12.2. The Kier molecular flexibility index (Phi) is 3.74. The van der Waals surface area contributed by atoms with Gasteiger partial charge in [0.1, 0.15) is 5.75 Å². The fraction of sp³-hybridized carbons (Fsp3) is 0.500. The summed E-state index contributed by atoms with van der Waals surface area (Å²) >= 11 is 0. The van der Waals surface area contributed by atoms with Gasteiger partial charge >= 0.3 is 0 Å². The molecule has 1 aliphatic carbocycles. The number of hydrogen-bond donors (Lipinski definition) is 1. The van der Waals surface area contributed by atoms with Crippen LogP contribution >= 0.6 is 0 Å². The van der Waals surface area contributed by atoms with E-state index in [0.29, 0.717) is 23.4 Å². The van der Waals surface area contributed by atoms with Gasteiger partial charge < -0.3 is 15.2 Å². The van der Waals surface area contributed by atoms with Gasteiger partial charge in [-0.25, -0.2) is 4.68 Å². The van der Waals surface area contributed by atoms with Gasteiger partial charge in [-0.05, 0) is 42.3 Å². The van der Waals surface area contributed by atoms with Gasteiger partial charge in [0, 0.05) is 18.4 Å². The highest BCUT2D eigenvalue weighted by Crippen LogP contribution is 2.38. The van der Waals surface area contributed by atoms with Gasteiger partial charge in [-0.15, -0.1) is 5.10 Å². The maximum atomic E-state index is 5.79. The van der Waals surface area contributed by atoms with E-state index in [4.69, 9.17) is 15.2 Å². The number of anilines is 1. The molecule has 0 spiro atoms. The molecular weight excluding hydrogens is 270 g/mol. The quantitative estimate of drug-likeness (QED) is 0.842. The van der Waals surface area contributed by atoms with Crippen molar-refractivity contribution < 1.29 is 9.47 Å². The fourth-order valence-corrected chi connectivity index (χ4v) is 2.62. The molecule has 1 fully saturated rings. The van der Waals surface area contributed by atoms with Crippen molar-refractivity contribution in [3.8, 4) is 17.1 Å². The predicted octanol–water partition coefficient (Wildman–Crippen LogP) is 1.67. The summed E-state index contributed by atoms with van der Waals surface area (Å²) in [6, 6.07) is 5.75. The second-order valence-electron chi connectivity index (χ2n) is 5.11. The molecule has 7 nitrogen and oxygen atoms in total. The summed E-state index contributed by atoms with van der Waals surface area (Å²) in [6.07, 6.45) is 2.18. The molecule has 112 valence electrons. The first kappa shape index (κ1) is 13.8. The van der Waals surface area contributed by atoms with E-state index in [2.05, 4.69) is 15.5 Å². The van der Waals surface area contributed by atoms with E-state index in [1.807, 2.05) is 23.7 Å². The minimum Gasteiger partial charge on any atom is -0.496 e. The third kappa shape index (κ3) is 2.56. The van der Waals surface area contributed by atoms with E-state index in [1.54, 1.807) is 13.2 Å². The Bertz CT molecular complexity index is 622. The van der Waals surface area contributed by atoms with Crippen LogP contribution in [0.2, 0.25) is 0 Å². The van der Waals surface area contributed by atoms with Crippen LogP contribution in [-0.2, 0) is 4.74 Å². The molecule has 0 amide bonds. The molecule has 1 aromatic carbocycles. The number of aromatic nitrogens is 4. The van der Waals surface area contributed by atoms with E-state index in [-0.39, 0.29) is 6.04 Å². The van der Waals surface area contributed by atoms with Crippen molar-refractivity contribution in [2.45, 2.75) is 31.9 Å². The van der Waals surface area contributed by atoms with Gasteiger partial charge in [0.15, 0.2) is 5.82 Å². The Labute approximate surface area is 123 Å². The number of benzene rings is 1. The van der Waals surface area contributed by atoms with Crippen LogP contribution in [0.1, 0.15) is 25.8 Å². The van der Waals surface area contributed by atoms with E-state index >= 15 is 0 Å². The molecular formula is C14H19N5O2. The molecule has 0 unspecified atom stereocenters. The summed E-state index contributed by atoms with van der Waals surface area (Å²) in [5, 5.41) is 12.1. The first-order valence-electron chi connectivity index (χ1n) is 7.06. The molecule has 1 heterocycles. The van der Waals surface area contributed by atoms with Crippen LogP contribution in [0.15, 0.2) is 18.2 Å². The maximum Gasteiger partial charge on any atom is 0.186 e. The van der Waals surface area contributed by atoms with Crippen molar-refractivity contribution in [3.63, 3.8) is 0 Å². The van der Waals surface area contributed by atoms with Crippen LogP contribution in [0.5, 0.6) is 5.75 Å². The van der Waals surface area contributed by atoms with Crippen LogP contribution < -0.4 is 10.5 Å². The monoisotopic (exact) mass is 289 g/mol. The van der Waals surface area contributed by atoms with E-state index in [0.717, 1.165) is 25.0 Å². The van der Waals surface area contributed by atoms with Crippen LogP contribution in [0.4, 0.5) is 5.69 Å². The Morgan fingerprint density at radius 3 is 2.90 bits per heavy atom. The molecule has 0 radical (unpaired) electrons. The van der Waals surface area contributed by atoms with Gasteiger partial charge in [-0.3, -0.25) is 0 Å². The standard InChI is InChI=1S/C14H19N5O2/c1-3-21-11-7-10(8-11)19-14(16-17-18-19)12-5-4-9(15)6-13(12)20-2/h4-6,10-11H,3,7-8,15H2,1-2H3. The number of nitrogens with two attached hydrogens (primary N) is 1. The summed E-state index contributed by atoms with van der Waals surface area (Å²) in [5.74, 6) is 1.37. The van der Waals surface area contributed by atoms with Gasteiger partial charge in [0.2, 0.25) is 0 Å². The average molecular weight is 289 g/mol. The number of nitrogens with zero attached hydrogens (tertiary/aromatic N) is 4. The van der Waals surface area contributed by atoms with E-state index in [1.165, 1.54) is 0 Å². The van der Waals surface area contributed by atoms with Gasteiger partial charge in [-0.1, -0.05) is 0 Å². The van der Waals surface area contributed by atoms with E-state index < -0.39 is 0 Å². The molecule has 0 saturated heterocycles. The number of rotatable bonds is 5. The molecule has 2 N–H and O–H groups in total.